The number of ether oxygens (including phenoxy) is 1. The molecule has 0 heterocycles. The van der Waals surface area contributed by atoms with Crippen LogP contribution in [0, 0.1) is 5.92 Å². The van der Waals surface area contributed by atoms with Crippen molar-refractivity contribution in [3.63, 3.8) is 0 Å². The Labute approximate surface area is 98.2 Å². The van der Waals surface area contributed by atoms with Gasteiger partial charge in [-0.15, -0.1) is 0 Å². The van der Waals surface area contributed by atoms with Crippen LogP contribution in [0.5, 0.6) is 0 Å². The third-order valence-electron chi connectivity index (χ3n) is 2.53. The van der Waals surface area contributed by atoms with E-state index in [0.29, 0.717) is 18.9 Å². The maximum Gasteiger partial charge on any atom is 0.323 e. The molecule has 0 radical (unpaired) electrons. The van der Waals surface area contributed by atoms with Crippen LogP contribution < -0.4 is 5.73 Å². The third-order valence-corrected chi connectivity index (χ3v) is 2.53. The quantitative estimate of drug-likeness (QED) is 0.627. The summed E-state index contributed by atoms with van der Waals surface area (Å²) >= 11 is 0. The number of aliphatic carboxylic acids is 1. The molecule has 2 unspecified atom stereocenters. The maximum absolute atomic E-state index is 10.8. The number of carbonyl (C=O) groups is 1. The standard InChI is InChI=1S/C12H25NO3/c1-9(2)6-5-7-16-10(3)8-12(4,13)11(14)15/h9-10H,5-8,13H2,1-4H3,(H,14,15). The minimum absolute atomic E-state index is 0.113. The highest BCUT2D eigenvalue weighted by molar-refractivity contribution is 5.77. The first-order valence-electron chi connectivity index (χ1n) is 5.89. The average Bonchev–Trinajstić information content (AvgIpc) is 2.11. The minimum atomic E-state index is -1.20. The van der Waals surface area contributed by atoms with Gasteiger partial charge < -0.3 is 15.6 Å². The fourth-order valence-corrected chi connectivity index (χ4v) is 1.52. The highest BCUT2D eigenvalue weighted by Crippen LogP contribution is 2.13. The van der Waals surface area contributed by atoms with Crippen molar-refractivity contribution in [1.29, 1.82) is 0 Å². The Hall–Kier alpha value is -0.610. The lowest BCUT2D eigenvalue weighted by Crippen LogP contribution is -2.47. The summed E-state index contributed by atoms with van der Waals surface area (Å²) in [7, 11) is 0. The molecule has 0 rings (SSSR count). The van der Waals surface area contributed by atoms with Crippen molar-refractivity contribution >= 4 is 5.97 Å². The number of carboxylic acid groups (broad SMARTS) is 1. The first-order valence-corrected chi connectivity index (χ1v) is 5.89. The molecule has 0 aliphatic heterocycles. The van der Waals surface area contributed by atoms with Crippen molar-refractivity contribution in [3.8, 4) is 0 Å². The van der Waals surface area contributed by atoms with E-state index in [1.54, 1.807) is 0 Å². The number of nitrogens with two attached hydrogens (primary N) is 1. The molecule has 0 aliphatic rings. The second kappa shape index (κ2) is 6.86. The summed E-state index contributed by atoms with van der Waals surface area (Å²) in [4.78, 5) is 10.8. The van der Waals surface area contributed by atoms with Crippen molar-refractivity contribution in [3.05, 3.63) is 0 Å². The summed E-state index contributed by atoms with van der Waals surface area (Å²) in [5.74, 6) is -0.303. The Morgan fingerprint density at radius 3 is 2.44 bits per heavy atom. The molecule has 96 valence electrons. The first-order chi connectivity index (χ1) is 7.25. The van der Waals surface area contributed by atoms with Crippen LogP contribution in [0.1, 0.15) is 47.0 Å². The van der Waals surface area contributed by atoms with Crippen molar-refractivity contribution in [2.45, 2.75) is 58.6 Å². The molecule has 4 nitrogen and oxygen atoms in total. The SMILES string of the molecule is CC(C)CCCOC(C)CC(C)(N)C(=O)O. The minimum Gasteiger partial charge on any atom is -0.480 e. The van der Waals surface area contributed by atoms with Crippen molar-refractivity contribution in [1.82, 2.24) is 0 Å². The average molecular weight is 231 g/mol. The lowest BCUT2D eigenvalue weighted by atomic mass is 9.96. The molecule has 3 N–H and O–H groups in total. The molecule has 0 saturated carbocycles. The predicted molar refractivity (Wildman–Crippen MR) is 64.3 cm³/mol. The molecule has 0 aromatic carbocycles. The number of hydrogen-bond acceptors (Lipinski definition) is 3. The van der Waals surface area contributed by atoms with Crippen LogP contribution in [0.25, 0.3) is 0 Å². The summed E-state index contributed by atoms with van der Waals surface area (Å²) in [6.45, 7) is 8.40. The predicted octanol–water partition coefficient (Wildman–Crippen LogP) is 2.02. The van der Waals surface area contributed by atoms with E-state index in [1.165, 1.54) is 6.92 Å². The third kappa shape index (κ3) is 6.80. The van der Waals surface area contributed by atoms with E-state index in [4.69, 9.17) is 15.6 Å². The van der Waals surface area contributed by atoms with Gasteiger partial charge >= 0.3 is 5.97 Å². The molecule has 0 amide bonds. The van der Waals surface area contributed by atoms with E-state index in [2.05, 4.69) is 13.8 Å². The van der Waals surface area contributed by atoms with Gasteiger partial charge in [0, 0.05) is 13.0 Å². The molecular weight excluding hydrogens is 206 g/mol. The van der Waals surface area contributed by atoms with Gasteiger partial charge in [-0.2, -0.15) is 0 Å². The second-order valence-corrected chi connectivity index (χ2v) is 5.14. The van der Waals surface area contributed by atoms with Crippen LogP contribution in [0.3, 0.4) is 0 Å². The van der Waals surface area contributed by atoms with Crippen molar-refractivity contribution < 1.29 is 14.6 Å². The first kappa shape index (κ1) is 15.4. The highest BCUT2D eigenvalue weighted by Gasteiger charge is 2.30. The van der Waals surface area contributed by atoms with Gasteiger partial charge in [0.25, 0.3) is 0 Å². The molecular formula is C12H25NO3. The zero-order valence-electron chi connectivity index (χ0n) is 10.8. The molecule has 0 bridgehead atoms. The summed E-state index contributed by atoms with van der Waals surface area (Å²) in [6.07, 6.45) is 2.37. The van der Waals surface area contributed by atoms with E-state index in [1.807, 2.05) is 6.92 Å². The second-order valence-electron chi connectivity index (χ2n) is 5.14. The van der Waals surface area contributed by atoms with E-state index >= 15 is 0 Å². The molecule has 0 saturated heterocycles. The van der Waals surface area contributed by atoms with Gasteiger partial charge in [0.2, 0.25) is 0 Å². The van der Waals surface area contributed by atoms with Gasteiger partial charge in [0.15, 0.2) is 0 Å². The highest BCUT2D eigenvalue weighted by atomic mass is 16.5. The van der Waals surface area contributed by atoms with Crippen molar-refractivity contribution in [2.75, 3.05) is 6.61 Å². The summed E-state index contributed by atoms with van der Waals surface area (Å²) < 4.78 is 5.54. The summed E-state index contributed by atoms with van der Waals surface area (Å²) in [5.41, 5.74) is 4.44. The molecule has 0 fully saturated rings. The number of hydrogen-bond donors (Lipinski definition) is 2. The molecule has 2 atom stereocenters. The van der Waals surface area contributed by atoms with Gasteiger partial charge in [0.05, 0.1) is 6.10 Å². The lowest BCUT2D eigenvalue weighted by Gasteiger charge is -2.23. The monoisotopic (exact) mass is 231 g/mol. The van der Waals surface area contributed by atoms with Crippen LogP contribution in [0.2, 0.25) is 0 Å². The van der Waals surface area contributed by atoms with Crippen LogP contribution in [0.15, 0.2) is 0 Å². The number of rotatable bonds is 8. The Kier molecular flexibility index (Phi) is 6.60. The Bertz CT molecular complexity index is 214. The zero-order valence-corrected chi connectivity index (χ0v) is 10.8. The maximum atomic E-state index is 10.8. The van der Waals surface area contributed by atoms with Gasteiger partial charge in [-0.3, -0.25) is 4.79 Å². The molecule has 0 spiro atoms. The van der Waals surface area contributed by atoms with Crippen molar-refractivity contribution in [2.24, 2.45) is 11.7 Å². The largest absolute Gasteiger partial charge is 0.480 e. The Balaban J connectivity index is 3.74. The van der Waals surface area contributed by atoms with Crippen LogP contribution in [-0.4, -0.2) is 29.3 Å². The molecule has 4 heteroatoms. The summed E-state index contributed by atoms with van der Waals surface area (Å²) in [5, 5.41) is 8.85. The molecule has 0 aliphatic carbocycles. The van der Waals surface area contributed by atoms with Gasteiger partial charge in [-0.25, -0.2) is 0 Å². The molecule has 0 aromatic heterocycles. The Morgan fingerprint density at radius 2 is 2.00 bits per heavy atom. The van der Waals surface area contributed by atoms with Gasteiger partial charge in [-0.05, 0) is 32.6 Å². The van der Waals surface area contributed by atoms with E-state index < -0.39 is 11.5 Å². The Morgan fingerprint density at radius 1 is 1.44 bits per heavy atom. The van der Waals surface area contributed by atoms with Crippen LogP contribution in [0.4, 0.5) is 0 Å². The lowest BCUT2D eigenvalue weighted by molar-refractivity contribution is -0.144. The van der Waals surface area contributed by atoms with Gasteiger partial charge in [0.1, 0.15) is 5.54 Å². The molecule has 16 heavy (non-hydrogen) atoms. The van der Waals surface area contributed by atoms with Crippen LogP contribution in [-0.2, 0) is 9.53 Å². The fraction of sp³-hybridized carbons (Fsp3) is 0.917. The topological polar surface area (TPSA) is 72.5 Å². The van der Waals surface area contributed by atoms with E-state index in [0.717, 1.165) is 12.8 Å². The van der Waals surface area contributed by atoms with Gasteiger partial charge in [-0.1, -0.05) is 13.8 Å². The smallest absolute Gasteiger partial charge is 0.323 e. The zero-order chi connectivity index (χ0) is 12.8. The summed E-state index contributed by atoms with van der Waals surface area (Å²) in [6, 6.07) is 0. The van der Waals surface area contributed by atoms with Crippen LogP contribution >= 0.6 is 0 Å². The number of carboxylic acids is 1. The molecule has 0 aromatic rings. The normalized spacial score (nSPS) is 17.1. The fourth-order valence-electron chi connectivity index (χ4n) is 1.52. The van der Waals surface area contributed by atoms with E-state index in [9.17, 15) is 4.79 Å². The van der Waals surface area contributed by atoms with E-state index in [-0.39, 0.29) is 6.10 Å².